The van der Waals surface area contributed by atoms with Crippen LogP contribution in [-0.4, -0.2) is 49.3 Å². The van der Waals surface area contributed by atoms with Gasteiger partial charge in [0.05, 0.1) is 0 Å². The monoisotopic (exact) mass is 372 g/mol. The Balaban J connectivity index is 0.00000288. The van der Waals surface area contributed by atoms with Crippen LogP contribution >= 0.6 is 24.2 Å². The SMILES string of the molecule is CCNCC1CCN(C(=O)C(C)Oc2ccc(SC)cc2)CC1.Cl. The first-order chi connectivity index (χ1) is 11.1. The highest BCUT2D eigenvalue weighted by molar-refractivity contribution is 7.98. The van der Waals surface area contributed by atoms with Crippen molar-refractivity contribution in [3.05, 3.63) is 24.3 Å². The molecular formula is C18H29ClN2O2S. The molecule has 1 saturated heterocycles. The normalized spacial score (nSPS) is 16.4. The van der Waals surface area contributed by atoms with E-state index in [4.69, 9.17) is 4.74 Å². The molecule has 4 nitrogen and oxygen atoms in total. The van der Waals surface area contributed by atoms with Crippen molar-refractivity contribution in [2.24, 2.45) is 5.92 Å². The van der Waals surface area contributed by atoms with E-state index in [1.165, 1.54) is 4.90 Å². The summed E-state index contributed by atoms with van der Waals surface area (Å²) in [5.41, 5.74) is 0. The molecule has 1 unspecified atom stereocenters. The number of hydrogen-bond donors (Lipinski definition) is 1. The van der Waals surface area contributed by atoms with Gasteiger partial charge in [-0.3, -0.25) is 4.79 Å². The van der Waals surface area contributed by atoms with Crippen molar-refractivity contribution in [3.63, 3.8) is 0 Å². The third-order valence-electron chi connectivity index (χ3n) is 4.33. The molecular weight excluding hydrogens is 344 g/mol. The van der Waals surface area contributed by atoms with E-state index in [9.17, 15) is 4.79 Å². The Kier molecular flexibility index (Phi) is 9.56. The lowest BCUT2D eigenvalue weighted by atomic mass is 9.96. The summed E-state index contributed by atoms with van der Waals surface area (Å²) < 4.78 is 5.81. The summed E-state index contributed by atoms with van der Waals surface area (Å²) in [7, 11) is 0. The van der Waals surface area contributed by atoms with Crippen LogP contribution in [0.25, 0.3) is 0 Å². The zero-order valence-corrected chi connectivity index (χ0v) is 16.4. The van der Waals surface area contributed by atoms with Gasteiger partial charge < -0.3 is 15.0 Å². The third-order valence-corrected chi connectivity index (χ3v) is 5.07. The lowest BCUT2D eigenvalue weighted by Crippen LogP contribution is -2.45. The van der Waals surface area contributed by atoms with Gasteiger partial charge in [0.25, 0.3) is 5.91 Å². The maximum Gasteiger partial charge on any atom is 0.263 e. The molecule has 0 aliphatic carbocycles. The molecule has 6 heteroatoms. The van der Waals surface area contributed by atoms with Crippen LogP contribution in [0.15, 0.2) is 29.2 Å². The van der Waals surface area contributed by atoms with Crippen molar-refractivity contribution in [2.75, 3.05) is 32.4 Å². The maximum absolute atomic E-state index is 12.5. The number of nitrogens with one attached hydrogen (secondary N) is 1. The molecule has 0 radical (unpaired) electrons. The number of thioether (sulfide) groups is 1. The summed E-state index contributed by atoms with van der Waals surface area (Å²) in [5, 5.41) is 3.40. The van der Waals surface area contributed by atoms with Crippen molar-refractivity contribution in [1.82, 2.24) is 10.2 Å². The summed E-state index contributed by atoms with van der Waals surface area (Å²) in [6.45, 7) is 7.73. The van der Waals surface area contributed by atoms with E-state index in [1.807, 2.05) is 42.3 Å². The number of hydrogen-bond acceptors (Lipinski definition) is 4. The Morgan fingerprint density at radius 1 is 1.33 bits per heavy atom. The van der Waals surface area contributed by atoms with Gasteiger partial charge in [0.2, 0.25) is 0 Å². The van der Waals surface area contributed by atoms with Crippen LogP contribution < -0.4 is 10.1 Å². The minimum atomic E-state index is -0.430. The fourth-order valence-electron chi connectivity index (χ4n) is 2.87. The summed E-state index contributed by atoms with van der Waals surface area (Å²) in [4.78, 5) is 15.7. The second-order valence-electron chi connectivity index (χ2n) is 6.01. The number of nitrogens with zero attached hydrogens (tertiary/aromatic N) is 1. The van der Waals surface area contributed by atoms with Crippen molar-refractivity contribution in [1.29, 1.82) is 0 Å². The van der Waals surface area contributed by atoms with Crippen LogP contribution in [0, 0.1) is 5.92 Å². The van der Waals surface area contributed by atoms with E-state index in [2.05, 4.69) is 12.2 Å². The first-order valence-corrected chi connectivity index (χ1v) is 9.66. The molecule has 0 saturated carbocycles. The number of amides is 1. The number of carbonyl (C=O) groups is 1. The number of carbonyl (C=O) groups excluding carboxylic acids is 1. The van der Waals surface area contributed by atoms with Crippen LogP contribution in [0.3, 0.4) is 0 Å². The van der Waals surface area contributed by atoms with Gasteiger partial charge in [-0.05, 0) is 69.3 Å². The molecule has 0 spiro atoms. The predicted molar refractivity (Wildman–Crippen MR) is 103 cm³/mol. The molecule has 1 amide bonds. The average Bonchev–Trinajstić information content (AvgIpc) is 2.60. The largest absolute Gasteiger partial charge is 0.481 e. The summed E-state index contributed by atoms with van der Waals surface area (Å²) in [6.07, 6.45) is 3.77. The van der Waals surface area contributed by atoms with Gasteiger partial charge in [0, 0.05) is 18.0 Å². The summed E-state index contributed by atoms with van der Waals surface area (Å²) in [6, 6.07) is 7.89. The molecule has 1 fully saturated rings. The highest BCUT2D eigenvalue weighted by Gasteiger charge is 2.26. The van der Waals surface area contributed by atoms with Gasteiger partial charge in [-0.25, -0.2) is 0 Å². The molecule has 1 aliphatic heterocycles. The Bertz CT molecular complexity index is 490. The molecule has 1 N–H and O–H groups in total. The standard InChI is InChI=1S/C18H28N2O2S.ClH/c1-4-19-13-15-9-11-20(12-10-15)18(21)14(2)22-16-5-7-17(23-3)8-6-16;/h5-8,14-15,19H,4,9-13H2,1-3H3;1H. The van der Waals surface area contributed by atoms with E-state index in [-0.39, 0.29) is 18.3 Å². The topological polar surface area (TPSA) is 41.6 Å². The second-order valence-corrected chi connectivity index (χ2v) is 6.89. The Morgan fingerprint density at radius 2 is 1.96 bits per heavy atom. The number of benzene rings is 1. The van der Waals surface area contributed by atoms with Crippen molar-refractivity contribution in [2.45, 2.75) is 37.7 Å². The second kappa shape index (κ2) is 10.9. The van der Waals surface area contributed by atoms with Crippen LogP contribution in [0.4, 0.5) is 0 Å². The molecule has 24 heavy (non-hydrogen) atoms. The minimum Gasteiger partial charge on any atom is -0.481 e. The van der Waals surface area contributed by atoms with Crippen LogP contribution in [-0.2, 0) is 4.79 Å². The number of halogens is 1. The maximum atomic E-state index is 12.5. The van der Waals surface area contributed by atoms with E-state index >= 15 is 0 Å². The predicted octanol–water partition coefficient (Wildman–Crippen LogP) is 3.45. The molecule has 0 aromatic heterocycles. The molecule has 2 rings (SSSR count). The van der Waals surface area contributed by atoms with Gasteiger partial charge in [-0.1, -0.05) is 6.92 Å². The van der Waals surface area contributed by atoms with Crippen LogP contribution in [0.2, 0.25) is 0 Å². The molecule has 136 valence electrons. The average molecular weight is 373 g/mol. The number of piperidine rings is 1. The fraction of sp³-hybridized carbons (Fsp3) is 0.611. The van der Waals surface area contributed by atoms with Gasteiger partial charge in [-0.15, -0.1) is 24.2 Å². The van der Waals surface area contributed by atoms with Gasteiger partial charge in [-0.2, -0.15) is 0 Å². The zero-order chi connectivity index (χ0) is 16.7. The highest BCUT2D eigenvalue weighted by atomic mass is 35.5. The van der Waals surface area contributed by atoms with Crippen molar-refractivity contribution >= 4 is 30.1 Å². The molecule has 1 atom stereocenters. The first-order valence-electron chi connectivity index (χ1n) is 8.44. The van der Waals surface area contributed by atoms with Crippen LogP contribution in [0.1, 0.15) is 26.7 Å². The minimum absolute atomic E-state index is 0. The first kappa shape index (κ1) is 21.1. The third kappa shape index (κ3) is 6.19. The van der Waals surface area contributed by atoms with Crippen molar-refractivity contribution < 1.29 is 9.53 Å². The Labute approximate surface area is 156 Å². The number of ether oxygens (including phenoxy) is 1. The van der Waals surface area contributed by atoms with Gasteiger partial charge in [0.15, 0.2) is 6.10 Å². The smallest absolute Gasteiger partial charge is 0.263 e. The molecule has 1 aromatic rings. The van der Waals surface area contributed by atoms with Crippen LogP contribution in [0.5, 0.6) is 5.75 Å². The Hall–Kier alpha value is -0.910. The van der Waals surface area contributed by atoms with E-state index in [0.29, 0.717) is 5.92 Å². The van der Waals surface area contributed by atoms with E-state index < -0.39 is 6.10 Å². The number of rotatable bonds is 7. The lowest BCUT2D eigenvalue weighted by molar-refractivity contribution is -0.139. The highest BCUT2D eigenvalue weighted by Crippen LogP contribution is 2.21. The molecule has 0 bridgehead atoms. The molecule has 1 aromatic carbocycles. The number of likely N-dealkylation sites (tertiary alicyclic amines) is 1. The van der Waals surface area contributed by atoms with Gasteiger partial charge >= 0.3 is 0 Å². The Morgan fingerprint density at radius 3 is 2.50 bits per heavy atom. The molecule has 1 aliphatic rings. The lowest BCUT2D eigenvalue weighted by Gasteiger charge is -2.33. The quantitative estimate of drug-likeness (QED) is 0.744. The fourth-order valence-corrected chi connectivity index (χ4v) is 3.28. The zero-order valence-electron chi connectivity index (χ0n) is 14.8. The van der Waals surface area contributed by atoms with Crippen molar-refractivity contribution in [3.8, 4) is 5.75 Å². The summed E-state index contributed by atoms with van der Waals surface area (Å²) >= 11 is 1.70. The van der Waals surface area contributed by atoms with Gasteiger partial charge in [0.1, 0.15) is 5.75 Å². The molecule has 1 heterocycles. The summed E-state index contributed by atoms with van der Waals surface area (Å²) in [5.74, 6) is 1.54. The van der Waals surface area contributed by atoms with E-state index in [0.717, 1.165) is 44.8 Å². The van der Waals surface area contributed by atoms with E-state index in [1.54, 1.807) is 11.8 Å².